The fraction of sp³-hybridized carbons (Fsp3) is 0.667. The van der Waals surface area contributed by atoms with Crippen molar-refractivity contribution in [2.24, 2.45) is 11.8 Å². The number of aliphatic hydroxyl groups excluding tert-OH is 1. The van der Waals surface area contributed by atoms with Gasteiger partial charge >= 0.3 is 0 Å². The molecule has 0 saturated carbocycles. The van der Waals surface area contributed by atoms with Crippen LogP contribution in [0, 0.1) is 11.8 Å². The number of unbranched alkanes of at least 4 members (excludes halogenated alkanes) is 3. The molecule has 0 radical (unpaired) electrons. The van der Waals surface area contributed by atoms with E-state index in [0.717, 1.165) is 44.1 Å². The van der Waals surface area contributed by atoms with Gasteiger partial charge in [0.05, 0.1) is 16.6 Å². The maximum atomic E-state index is 13.9. The largest absolute Gasteiger partial charge is 0.396 e. The van der Waals surface area contributed by atoms with Crippen LogP contribution in [0.3, 0.4) is 0 Å². The van der Waals surface area contributed by atoms with Crippen molar-refractivity contribution in [1.29, 1.82) is 0 Å². The van der Waals surface area contributed by atoms with E-state index in [0.29, 0.717) is 13.1 Å². The number of likely N-dealkylation sites (tertiary alicyclic amines) is 1. The lowest BCUT2D eigenvalue weighted by molar-refractivity contribution is -0.140. The molecule has 1 aromatic rings. The van der Waals surface area contributed by atoms with Crippen LogP contribution in [-0.2, 0) is 20.9 Å². The molecule has 8 heteroatoms. The maximum absolute atomic E-state index is 13.9. The van der Waals surface area contributed by atoms with Crippen molar-refractivity contribution in [2.45, 2.75) is 87.4 Å². The molecule has 0 aliphatic carbocycles. The van der Waals surface area contributed by atoms with E-state index in [9.17, 15) is 14.4 Å². The van der Waals surface area contributed by atoms with Gasteiger partial charge in [-0.05, 0) is 52.0 Å². The van der Waals surface area contributed by atoms with E-state index in [-0.39, 0.29) is 35.1 Å². The van der Waals surface area contributed by atoms with Crippen molar-refractivity contribution in [3.05, 3.63) is 35.9 Å². The minimum Gasteiger partial charge on any atom is -0.396 e. The number of benzene rings is 1. The van der Waals surface area contributed by atoms with Crippen molar-refractivity contribution in [1.82, 2.24) is 15.5 Å². The van der Waals surface area contributed by atoms with Crippen molar-refractivity contribution in [2.75, 3.05) is 13.2 Å². The Kier molecular flexibility index (Phi) is 7.81. The van der Waals surface area contributed by atoms with Gasteiger partial charge in [0.1, 0.15) is 6.04 Å². The van der Waals surface area contributed by atoms with Crippen LogP contribution in [0.25, 0.3) is 0 Å². The highest BCUT2D eigenvalue weighted by molar-refractivity contribution is 8.02. The number of thioether (sulfide) groups is 1. The van der Waals surface area contributed by atoms with Crippen LogP contribution in [-0.4, -0.2) is 62.5 Å². The SMILES string of the molecule is CC(C)NC(=O)C1N(CCCCCCO)C(=O)[C@@H]2[C@@H](C(=O)NCc3ccccc3)[C@@]3(C)CCC12S3. The topological polar surface area (TPSA) is 98.7 Å². The summed E-state index contributed by atoms with van der Waals surface area (Å²) in [5.41, 5.74) is 1.02. The summed E-state index contributed by atoms with van der Waals surface area (Å²) in [6.07, 6.45) is 4.91. The highest BCUT2D eigenvalue weighted by atomic mass is 32.2. The van der Waals surface area contributed by atoms with Gasteiger partial charge in [0.2, 0.25) is 17.7 Å². The number of hydrogen-bond acceptors (Lipinski definition) is 5. The third-order valence-corrected chi connectivity index (χ3v) is 9.84. The van der Waals surface area contributed by atoms with Gasteiger partial charge in [0.15, 0.2) is 0 Å². The molecule has 35 heavy (non-hydrogen) atoms. The number of hydrogen-bond donors (Lipinski definition) is 3. The Hall–Kier alpha value is -2.06. The maximum Gasteiger partial charge on any atom is 0.244 e. The number of rotatable bonds is 11. The van der Waals surface area contributed by atoms with Gasteiger partial charge in [-0.15, -0.1) is 11.8 Å². The van der Waals surface area contributed by atoms with Crippen LogP contribution in [0.2, 0.25) is 0 Å². The van der Waals surface area contributed by atoms with E-state index in [1.807, 2.05) is 44.2 Å². The predicted octanol–water partition coefficient (Wildman–Crippen LogP) is 2.86. The molecule has 3 N–H and O–H groups in total. The summed E-state index contributed by atoms with van der Waals surface area (Å²) in [4.78, 5) is 42.8. The Bertz CT molecular complexity index is 942. The van der Waals surface area contributed by atoms with Crippen molar-refractivity contribution >= 4 is 29.5 Å². The second-order valence-corrected chi connectivity index (χ2v) is 12.7. The monoisotopic (exact) mass is 501 g/mol. The lowest BCUT2D eigenvalue weighted by Crippen LogP contribution is -2.55. The van der Waals surface area contributed by atoms with Crippen LogP contribution in [0.1, 0.15) is 64.9 Å². The molecule has 2 bridgehead atoms. The van der Waals surface area contributed by atoms with E-state index < -0.39 is 22.6 Å². The van der Waals surface area contributed by atoms with Crippen LogP contribution in [0.15, 0.2) is 30.3 Å². The lowest BCUT2D eigenvalue weighted by Gasteiger charge is -2.35. The van der Waals surface area contributed by atoms with E-state index in [2.05, 4.69) is 17.6 Å². The number of carbonyl (C=O) groups excluding carboxylic acids is 3. The third kappa shape index (κ3) is 4.84. The summed E-state index contributed by atoms with van der Waals surface area (Å²) in [5, 5.41) is 15.2. The molecule has 3 amide bonds. The zero-order chi connectivity index (χ0) is 25.2. The Labute approximate surface area is 212 Å². The number of fused-ring (bicyclic) bond motifs is 1. The highest BCUT2D eigenvalue weighted by Crippen LogP contribution is 2.71. The van der Waals surface area contributed by atoms with Gasteiger partial charge in [-0.2, -0.15) is 0 Å². The van der Waals surface area contributed by atoms with Gasteiger partial charge in [-0.3, -0.25) is 14.4 Å². The van der Waals surface area contributed by atoms with E-state index in [1.54, 1.807) is 16.7 Å². The molecule has 0 aromatic heterocycles. The zero-order valence-corrected chi connectivity index (χ0v) is 21.9. The summed E-state index contributed by atoms with van der Waals surface area (Å²) in [5.74, 6) is -1.18. The Morgan fingerprint density at radius 2 is 1.83 bits per heavy atom. The first-order valence-corrected chi connectivity index (χ1v) is 13.8. The van der Waals surface area contributed by atoms with Crippen molar-refractivity contribution < 1.29 is 19.5 Å². The average Bonchev–Trinajstić information content (AvgIpc) is 3.38. The van der Waals surface area contributed by atoms with E-state index in [1.165, 1.54) is 0 Å². The van der Waals surface area contributed by atoms with Crippen molar-refractivity contribution in [3.8, 4) is 0 Å². The standard InChI is InChI=1S/C27H39N3O4S/c1-18(2)29-24(33)22-27-14-13-26(3,35-27)20(23(32)28-17-19-11-7-6-8-12-19)21(27)25(34)30(22)15-9-4-5-10-16-31/h6-8,11-12,18,20-22,31H,4-5,9-10,13-17H2,1-3H3,(H,28,32)(H,29,33)/t20-,21-,22?,26+,27?/m0/s1. The molecule has 5 atom stereocenters. The number of carbonyl (C=O) groups is 3. The van der Waals surface area contributed by atoms with Crippen LogP contribution >= 0.6 is 11.8 Å². The zero-order valence-electron chi connectivity index (χ0n) is 21.1. The second-order valence-electron chi connectivity index (χ2n) is 10.8. The number of nitrogens with zero attached hydrogens (tertiary/aromatic N) is 1. The van der Waals surface area contributed by atoms with Crippen LogP contribution in [0.5, 0.6) is 0 Å². The highest BCUT2D eigenvalue weighted by Gasteiger charge is 2.76. The van der Waals surface area contributed by atoms with Crippen LogP contribution < -0.4 is 10.6 Å². The Morgan fingerprint density at radius 1 is 1.11 bits per heavy atom. The summed E-state index contributed by atoms with van der Waals surface area (Å²) < 4.78 is -0.921. The first kappa shape index (κ1) is 26.0. The molecule has 1 spiro atoms. The predicted molar refractivity (Wildman–Crippen MR) is 138 cm³/mol. The van der Waals surface area contributed by atoms with Gasteiger partial charge in [-0.1, -0.05) is 43.2 Å². The molecule has 3 aliphatic heterocycles. The lowest BCUT2D eigenvalue weighted by atomic mass is 9.66. The first-order chi connectivity index (χ1) is 16.7. The molecule has 2 unspecified atom stereocenters. The molecule has 3 aliphatic rings. The summed E-state index contributed by atoms with van der Waals surface area (Å²) >= 11 is 1.71. The molecule has 3 fully saturated rings. The van der Waals surface area contributed by atoms with Gasteiger partial charge in [0.25, 0.3) is 0 Å². The smallest absolute Gasteiger partial charge is 0.244 e. The molecular formula is C27H39N3O4S. The van der Waals surface area contributed by atoms with Gasteiger partial charge < -0.3 is 20.6 Å². The second kappa shape index (κ2) is 10.5. The molecule has 1 aromatic carbocycles. The molecule has 7 nitrogen and oxygen atoms in total. The Morgan fingerprint density at radius 3 is 2.51 bits per heavy atom. The number of aliphatic hydroxyl groups is 1. The molecule has 192 valence electrons. The molecule has 3 saturated heterocycles. The van der Waals surface area contributed by atoms with Gasteiger partial charge in [0, 0.05) is 30.5 Å². The number of amides is 3. The summed E-state index contributed by atoms with van der Waals surface area (Å²) in [7, 11) is 0. The van der Waals surface area contributed by atoms with Gasteiger partial charge in [-0.25, -0.2) is 0 Å². The minimum absolute atomic E-state index is 0.0244. The van der Waals surface area contributed by atoms with Crippen molar-refractivity contribution in [3.63, 3.8) is 0 Å². The summed E-state index contributed by atoms with van der Waals surface area (Å²) in [6, 6.07) is 9.21. The minimum atomic E-state index is -0.565. The fourth-order valence-electron chi connectivity index (χ4n) is 6.37. The van der Waals surface area contributed by atoms with E-state index >= 15 is 0 Å². The third-order valence-electron chi connectivity index (χ3n) is 7.86. The molecular weight excluding hydrogens is 462 g/mol. The Balaban J connectivity index is 1.58. The summed E-state index contributed by atoms with van der Waals surface area (Å²) in [6.45, 7) is 7.07. The van der Waals surface area contributed by atoms with E-state index in [4.69, 9.17) is 5.11 Å². The number of nitrogens with one attached hydrogen (secondary N) is 2. The molecule has 3 heterocycles. The molecule has 4 rings (SSSR count). The average molecular weight is 502 g/mol. The van der Waals surface area contributed by atoms with Crippen LogP contribution in [0.4, 0.5) is 0 Å². The normalized spacial score (nSPS) is 31.2. The quantitative estimate of drug-likeness (QED) is 0.405. The first-order valence-electron chi connectivity index (χ1n) is 13.0. The fourth-order valence-corrected chi connectivity index (χ4v) is 8.73.